The lowest BCUT2D eigenvalue weighted by Gasteiger charge is -2.21. The van der Waals surface area contributed by atoms with Gasteiger partial charge in [0.05, 0.1) is 0 Å². The predicted octanol–water partition coefficient (Wildman–Crippen LogP) is 1.39. The van der Waals surface area contributed by atoms with Gasteiger partial charge in [0.25, 0.3) is 0 Å². The Morgan fingerprint density at radius 3 is 2.60 bits per heavy atom. The topological polar surface area (TPSA) is 61.4 Å². The number of sulfonamides is 1. The number of hydrogen-bond donors (Lipinski definition) is 2. The number of thiophene rings is 1. The number of aryl methyl sites for hydroxylation is 1. The minimum atomic E-state index is -3.43. The van der Waals surface area contributed by atoms with Crippen LogP contribution in [0.25, 0.3) is 0 Å². The number of nitrogens with zero attached hydrogens (tertiary/aromatic N) is 1. The minimum absolute atomic E-state index is 0.405. The smallest absolute Gasteiger partial charge is 0.242 e. The lowest BCUT2D eigenvalue weighted by atomic mass is 10.3. The number of likely N-dealkylation sites (N-methyl/N-ethyl adjacent to an activating group) is 1. The second-order valence-electron chi connectivity index (χ2n) is 5.17. The molecule has 1 rings (SSSR count). The van der Waals surface area contributed by atoms with Gasteiger partial charge in [-0.25, -0.2) is 13.1 Å². The fraction of sp³-hybridized carbons (Fsp3) is 0.692. The zero-order chi connectivity index (χ0) is 15.3. The van der Waals surface area contributed by atoms with E-state index in [1.54, 1.807) is 0 Å². The van der Waals surface area contributed by atoms with Crippen molar-refractivity contribution >= 4 is 21.4 Å². The average molecular weight is 319 g/mol. The van der Waals surface area contributed by atoms with E-state index in [2.05, 4.69) is 28.8 Å². The maximum absolute atomic E-state index is 12.4. The summed E-state index contributed by atoms with van der Waals surface area (Å²) in [6.07, 6.45) is 0. The molecule has 0 radical (unpaired) electrons. The zero-order valence-electron chi connectivity index (χ0n) is 12.9. The Morgan fingerprint density at radius 1 is 1.40 bits per heavy atom. The van der Waals surface area contributed by atoms with E-state index in [0.29, 0.717) is 30.6 Å². The number of hydrogen-bond acceptors (Lipinski definition) is 5. The van der Waals surface area contributed by atoms with E-state index < -0.39 is 10.0 Å². The molecular weight excluding hydrogens is 294 g/mol. The molecule has 0 saturated carbocycles. The van der Waals surface area contributed by atoms with E-state index in [9.17, 15) is 8.42 Å². The summed E-state index contributed by atoms with van der Waals surface area (Å²) in [5.74, 6) is 0. The van der Waals surface area contributed by atoms with Crippen LogP contribution in [-0.2, 0) is 16.6 Å². The van der Waals surface area contributed by atoms with Gasteiger partial charge >= 0.3 is 0 Å². The molecule has 0 bridgehead atoms. The third kappa shape index (κ3) is 4.53. The Kier molecular flexibility index (Phi) is 6.60. The van der Waals surface area contributed by atoms with Gasteiger partial charge in [-0.1, -0.05) is 0 Å². The normalized spacial score (nSPS) is 12.6. The molecule has 1 aromatic rings. The maximum atomic E-state index is 12.4. The Balaban J connectivity index is 2.76. The maximum Gasteiger partial charge on any atom is 0.242 e. The average Bonchev–Trinajstić information content (AvgIpc) is 2.71. The monoisotopic (exact) mass is 319 g/mol. The summed E-state index contributed by atoms with van der Waals surface area (Å²) < 4.78 is 27.5. The van der Waals surface area contributed by atoms with Crippen LogP contribution in [0.2, 0.25) is 0 Å². The summed E-state index contributed by atoms with van der Waals surface area (Å²) in [6.45, 7) is 7.70. The van der Waals surface area contributed by atoms with Gasteiger partial charge in [0, 0.05) is 30.6 Å². The van der Waals surface area contributed by atoms with Crippen molar-refractivity contribution in [3.63, 3.8) is 0 Å². The molecular formula is C13H25N3O2S2. The molecule has 0 aliphatic heterocycles. The number of nitrogens with one attached hydrogen (secondary N) is 2. The summed E-state index contributed by atoms with van der Waals surface area (Å²) in [5, 5.41) is 4.90. The second-order valence-corrected chi connectivity index (χ2v) is 7.84. The van der Waals surface area contributed by atoms with Gasteiger partial charge < -0.3 is 10.2 Å². The van der Waals surface area contributed by atoms with Crippen LogP contribution in [0.15, 0.2) is 10.3 Å². The molecule has 0 spiro atoms. The summed E-state index contributed by atoms with van der Waals surface area (Å²) in [4.78, 5) is 3.40. The van der Waals surface area contributed by atoms with Gasteiger partial charge in [-0.05, 0) is 45.8 Å². The Labute approximate surface area is 126 Å². The van der Waals surface area contributed by atoms with Crippen molar-refractivity contribution < 1.29 is 8.42 Å². The third-order valence-corrected chi connectivity index (χ3v) is 6.16. The van der Waals surface area contributed by atoms with E-state index in [0.717, 1.165) is 10.4 Å². The molecule has 0 fully saturated rings. The Hall–Kier alpha value is -0.470. The molecule has 20 heavy (non-hydrogen) atoms. The second kappa shape index (κ2) is 7.51. The van der Waals surface area contributed by atoms with Crippen LogP contribution in [0.4, 0.5) is 0 Å². The molecule has 0 saturated heterocycles. The lowest BCUT2D eigenvalue weighted by molar-refractivity contribution is 0.278. The van der Waals surface area contributed by atoms with Crippen molar-refractivity contribution in [3.8, 4) is 0 Å². The fourth-order valence-electron chi connectivity index (χ4n) is 1.82. The molecule has 0 aliphatic rings. The summed E-state index contributed by atoms with van der Waals surface area (Å²) >= 11 is 1.48. The highest BCUT2D eigenvalue weighted by Crippen LogP contribution is 2.26. The number of rotatable bonds is 8. The van der Waals surface area contributed by atoms with Crippen molar-refractivity contribution in [3.05, 3.63) is 15.8 Å². The first-order valence-corrected chi connectivity index (χ1v) is 9.07. The molecule has 0 aliphatic carbocycles. The quantitative estimate of drug-likeness (QED) is 0.760. The molecule has 1 heterocycles. The van der Waals surface area contributed by atoms with Crippen molar-refractivity contribution in [2.75, 3.05) is 27.2 Å². The molecule has 0 amide bonds. The van der Waals surface area contributed by atoms with Crippen LogP contribution in [0.3, 0.4) is 0 Å². The molecule has 0 atom stereocenters. The summed E-state index contributed by atoms with van der Waals surface area (Å²) in [5.41, 5.74) is 0.810. The molecule has 7 heteroatoms. The van der Waals surface area contributed by atoms with Gasteiger partial charge in [-0.2, -0.15) is 0 Å². The van der Waals surface area contributed by atoms with Crippen molar-refractivity contribution in [1.29, 1.82) is 0 Å². The molecule has 0 aromatic carbocycles. The van der Waals surface area contributed by atoms with Crippen LogP contribution < -0.4 is 10.0 Å². The van der Waals surface area contributed by atoms with Gasteiger partial charge in [-0.15, -0.1) is 11.3 Å². The molecule has 5 nitrogen and oxygen atoms in total. The third-order valence-electron chi connectivity index (χ3n) is 3.23. The van der Waals surface area contributed by atoms with Crippen molar-refractivity contribution in [1.82, 2.24) is 14.9 Å². The highest BCUT2D eigenvalue weighted by molar-refractivity contribution is 7.89. The Bertz CT molecular complexity index is 524. The molecule has 0 unspecified atom stereocenters. The zero-order valence-corrected chi connectivity index (χ0v) is 14.5. The molecule has 2 N–H and O–H groups in total. The first kappa shape index (κ1) is 17.6. The van der Waals surface area contributed by atoms with E-state index in [1.807, 2.05) is 26.4 Å². The molecule has 1 aromatic heterocycles. The van der Waals surface area contributed by atoms with Crippen LogP contribution in [0.5, 0.6) is 0 Å². The van der Waals surface area contributed by atoms with Crippen LogP contribution in [-0.4, -0.2) is 46.5 Å². The van der Waals surface area contributed by atoms with Gasteiger partial charge in [0.2, 0.25) is 10.0 Å². The minimum Gasteiger partial charge on any atom is -0.315 e. The van der Waals surface area contributed by atoms with Crippen molar-refractivity contribution in [2.45, 2.75) is 38.3 Å². The predicted molar refractivity (Wildman–Crippen MR) is 84.8 cm³/mol. The van der Waals surface area contributed by atoms with Gasteiger partial charge in [-0.3, -0.25) is 0 Å². The first-order chi connectivity index (χ1) is 9.29. The fourth-order valence-corrected chi connectivity index (χ4v) is 4.66. The van der Waals surface area contributed by atoms with Gasteiger partial charge in [0.15, 0.2) is 0 Å². The largest absolute Gasteiger partial charge is 0.315 e. The Morgan fingerprint density at radius 2 is 2.05 bits per heavy atom. The van der Waals surface area contributed by atoms with E-state index >= 15 is 0 Å². The van der Waals surface area contributed by atoms with Crippen LogP contribution in [0.1, 0.15) is 24.3 Å². The van der Waals surface area contributed by atoms with Gasteiger partial charge in [0.1, 0.15) is 4.90 Å². The van der Waals surface area contributed by atoms with E-state index in [1.165, 1.54) is 11.3 Å². The van der Waals surface area contributed by atoms with E-state index in [4.69, 9.17) is 0 Å². The highest BCUT2D eigenvalue weighted by atomic mass is 32.2. The standard InChI is InChI=1S/C13H25N3O2S2/c1-10(2)16(5)7-6-15-20(17,18)13-11(3)9-19-12(13)8-14-4/h9-10,14-15H,6-8H2,1-5H3. The van der Waals surface area contributed by atoms with Crippen LogP contribution in [0, 0.1) is 6.92 Å². The summed E-state index contributed by atoms with van der Waals surface area (Å²) in [7, 11) is 0.375. The van der Waals surface area contributed by atoms with E-state index in [-0.39, 0.29) is 0 Å². The first-order valence-electron chi connectivity index (χ1n) is 6.71. The highest BCUT2D eigenvalue weighted by Gasteiger charge is 2.22. The lowest BCUT2D eigenvalue weighted by Crippen LogP contribution is -2.36. The van der Waals surface area contributed by atoms with Crippen molar-refractivity contribution in [2.24, 2.45) is 0 Å². The molecule has 116 valence electrons. The SMILES string of the molecule is CNCc1scc(C)c1S(=O)(=O)NCCN(C)C(C)C. The summed E-state index contributed by atoms with van der Waals surface area (Å²) in [6, 6.07) is 0.405. The van der Waals surface area contributed by atoms with Crippen LogP contribution >= 0.6 is 11.3 Å².